The van der Waals surface area contributed by atoms with E-state index < -0.39 is 7.12 Å². The van der Waals surface area contributed by atoms with E-state index in [4.69, 9.17) is 14.9 Å². The Morgan fingerprint density at radius 3 is 2.30 bits per heavy atom. The number of benzene rings is 2. The standard InChI is InChI=1S/C14H14BNO4/c17-14(12-6-8-13(9-7-12)15(18)19)16-20-10-11-4-2-1-3-5-11/h1-9,18-19H,10H2,(H,16,17). The maximum Gasteiger partial charge on any atom is 0.488 e. The van der Waals surface area contributed by atoms with E-state index in [1.54, 1.807) is 0 Å². The van der Waals surface area contributed by atoms with Gasteiger partial charge in [0, 0.05) is 5.56 Å². The number of carbonyl (C=O) groups excluding carboxylic acids is 1. The largest absolute Gasteiger partial charge is 0.488 e. The maximum atomic E-state index is 11.8. The lowest BCUT2D eigenvalue weighted by atomic mass is 9.80. The number of nitrogens with one attached hydrogen (secondary N) is 1. The monoisotopic (exact) mass is 271 g/mol. The first-order valence-corrected chi connectivity index (χ1v) is 6.09. The van der Waals surface area contributed by atoms with Crippen LogP contribution in [0.2, 0.25) is 0 Å². The van der Waals surface area contributed by atoms with Crippen molar-refractivity contribution >= 4 is 18.5 Å². The maximum absolute atomic E-state index is 11.8. The molecule has 0 unspecified atom stereocenters. The lowest BCUT2D eigenvalue weighted by Gasteiger charge is -2.06. The lowest BCUT2D eigenvalue weighted by Crippen LogP contribution is -2.30. The van der Waals surface area contributed by atoms with Gasteiger partial charge in [-0.3, -0.25) is 9.63 Å². The Labute approximate surface area is 116 Å². The van der Waals surface area contributed by atoms with Gasteiger partial charge in [0.15, 0.2) is 0 Å². The van der Waals surface area contributed by atoms with Crippen LogP contribution in [0.25, 0.3) is 0 Å². The van der Waals surface area contributed by atoms with Gasteiger partial charge in [-0.05, 0) is 23.2 Å². The minimum atomic E-state index is -1.54. The van der Waals surface area contributed by atoms with Crippen molar-refractivity contribution in [2.24, 2.45) is 0 Å². The summed E-state index contributed by atoms with van der Waals surface area (Å²) in [5.74, 6) is -0.389. The number of carbonyl (C=O) groups is 1. The van der Waals surface area contributed by atoms with E-state index in [-0.39, 0.29) is 12.5 Å². The van der Waals surface area contributed by atoms with Crippen LogP contribution in [0, 0.1) is 0 Å². The third kappa shape index (κ3) is 3.93. The highest BCUT2D eigenvalue weighted by molar-refractivity contribution is 6.58. The van der Waals surface area contributed by atoms with E-state index in [1.165, 1.54) is 24.3 Å². The summed E-state index contributed by atoms with van der Waals surface area (Å²) in [5.41, 5.74) is 3.99. The quantitative estimate of drug-likeness (QED) is 0.537. The Bertz CT molecular complexity index is 557. The molecule has 0 aromatic heterocycles. The molecule has 5 nitrogen and oxygen atoms in total. The Morgan fingerprint density at radius 1 is 1.05 bits per heavy atom. The molecule has 1 amide bonds. The van der Waals surface area contributed by atoms with Crippen LogP contribution in [0.1, 0.15) is 15.9 Å². The number of hydroxylamine groups is 1. The Morgan fingerprint density at radius 2 is 1.70 bits per heavy atom. The smallest absolute Gasteiger partial charge is 0.423 e. The predicted molar refractivity (Wildman–Crippen MR) is 75.0 cm³/mol. The normalized spacial score (nSPS) is 10.1. The van der Waals surface area contributed by atoms with Gasteiger partial charge in [-0.1, -0.05) is 42.5 Å². The van der Waals surface area contributed by atoms with Crippen molar-refractivity contribution in [3.63, 3.8) is 0 Å². The molecule has 0 aliphatic carbocycles. The molecule has 0 saturated carbocycles. The van der Waals surface area contributed by atoms with Gasteiger partial charge in [0.1, 0.15) is 0 Å². The molecule has 0 saturated heterocycles. The lowest BCUT2D eigenvalue weighted by molar-refractivity contribution is 0.0233. The van der Waals surface area contributed by atoms with Crippen LogP contribution >= 0.6 is 0 Å². The molecule has 3 N–H and O–H groups in total. The van der Waals surface area contributed by atoms with Gasteiger partial charge < -0.3 is 10.0 Å². The number of amides is 1. The van der Waals surface area contributed by atoms with E-state index in [9.17, 15) is 4.79 Å². The highest BCUT2D eigenvalue weighted by Gasteiger charge is 2.12. The topological polar surface area (TPSA) is 78.8 Å². The predicted octanol–water partition coefficient (Wildman–Crippen LogP) is 0.228. The fourth-order valence-corrected chi connectivity index (χ4v) is 1.62. The van der Waals surface area contributed by atoms with Crippen LogP contribution in [0.5, 0.6) is 0 Å². The van der Waals surface area contributed by atoms with Crippen molar-refractivity contribution in [2.45, 2.75) is 6.61 Å². The Kier molecular flexibility index (Phi) is 4.89. The first-order chi connectivity index (χ1) is 9.66. The molecule has 0 heterocycles. The highest BCUT2D eigenvalue weighted by Crippen LogP contribution is 2.01. The first kappa shape index (κ1) is 14.3. The van der Waals surface area contributed by atoms with Crippen LogP contribution < -0.4 is 10.9 Å². The fourth-order valence-electron chi connectivity index (χ4n) is 1.62. The number of hydrogen-bond acceptors (Lipinski definition) is 4. The molecular weight excluding hydrogens is 257 g/mol. The summed E-state index contributed by atoms with van der Waals surface area (Å²) in [7, 11) is -1.54. The molecule has 0 radical (unpaired) electrons. The summed E-state index contributed by atoms with van der Waals surface area (Å²) in [4.78, 5) is 16.9. The van der Waals surface area contributed by atoms with Crippen molar-refractivity contribution in [1.82, 2.24) is 5.48 Å². The summed E-state index contributed by atoms with van der Waals surface area (Å²) >= 11 is 0. The molecule has 102 valence electrons. The van der Waals surface area contributed by atoms with E-state index in [0.717, 1.165) is 5.56 Å². The molecule has 0 bridgehead atoms. The number of hydrogen-bond donors (Lipinski definition) is 3. The Balaban J connectivity index is 1.85. The Hall–Kier alpha value is -2.15. The van der Waals surface area contributed by atoms with Gasteiger partial charge in [0.2, 0.25) is 0 Å². The minimum absolute atomic E-state index is 0.278. The summed E-state index contributed by atoms with van der Waals surface area (Å²) in [6.07, 6.45) is 0. The van der Waals surface area contributed by atoms with E-state index >= 15 is 0 Å². The SMILES string of the molecule is O=C(NOCc1ccccc1)c1ccc(B(O)O)cc1. The second-order valence-electron chi connectivity index (χ2n) is 4.20. The molecule has 2 aromatic rings. The van der Waals surface area contributed by atoms with Crippen LogP contribution in [0.3, 0.4) is 0 Å². The van der Waals surface area contributed by atoms with Gasteiger partial charge in [0.25, 0.3) is 5.91 Å². The second kappa shape index (κ2) is 6.86. The highest BCUT2D eigenvalue weighted by atomic mass is 16.6. The van der Waals surface area contributed by atoms with E-state index in [1.807, 2.05) is 30.3 Å². The van der Waals surface area contributed by atoms with Crippen molar-refractivity contribution in [3.05, 3.63) is 65.7 Å². The summed E-state index contributed by atoms with van der Waals surface area (Å²) < 4.78 is 0. The van der Waals surface area contributed by atoms with Crippen molar-refractivity contribution in [2.75, 3.05) is 0 Å². The third-order valence-corrected chi connectivity index (χ3v) is 2.72. The van der Waals surface area contributed by atoms with Gasteiger partial charge in [0.05, 0.1) is 6.61 Å². The summed E-state index contributed by atoms with van der Waals surface area (Å²) in [6.45, 7) is 0.278. The van der Waals surface area contributed by atoms with Crippen LogP contribution in [-0.2, 0) is 11.4 Å². The van der Waals surface area contributed by atoms with Crippen LogP contribution in [0.15, 0.2) is 54.6 Å². The molecule has 0 aliphatic heterocycles. The summed E-state index contributed by atoms with van der Waals surface area (Å²) in [6, 6.07) is 15.4. The number of rotatable bonds is 5. The average Bonchev–Trinajstić information content (AvgIpc) is 2.48. The minimum Gasteiger partial charge on any atom is -0.423 e. The van der Waals surface area contributed by atoms with E-state index in [0.29, 0.717) is 11.0 Å². The average molecular weight is 271 g/mol. The zero-order valence-corrected chi connectivity index (χ0v) is 10.7. The fraction of sp³-hybridized carbons (Fsp3) is 0.0714. The van der Waals surface area contributed by atoms with Gasteiger partial charge in [-0.2, -0.15) is 0 Å². The molecule has 2 rings (SSSR count). The van der Waals surface area contributed by atoms with Gasteiger partial charge in [-0.25, -0.2) is 5.48 Å². The molecule has 6 heteroatoms. The molecule has 20 heavy (non-hydrogen) atoms. The van der Waals surface area contributed by atoms with Crippen molar-refractivity contribution in [1.29, 1.82) is 0 Å². The zero-order valence-electron chi connectivity index (χ0n) is 10.7. The van der Waals surface area contributed by atoms with Crippen LogP contribution in [0.4, 0.5) is 0 Å². The second-order valence-corrected chi connectivity index (χ2v) is 4.20. The molecule has 2 aromatic carbocycles. The van der Waals surface area contributed by atoms with Crippen LogP contribution in [-0.4, -0.2) is 23.1 Å². The molecular formula is C14H14BNO4. The van der Waals surface area contributed by atoms with E-state index in [2.05, 4.69) is 5.48 Å². The first-order valence-electron chi connectivity index (χ1n) is 6.09. The van der Waals surface area contributed by atoms with Crippen molar-refractivity contribution in [3.8, 4) is 0 Å². The zero-order chi connectivity index (χ0) is 14.4. The molecule has 0 atom stereocenters. The molecule has 0 spiro atoms. The molecule has 0 aliphatic rings. The summed E-state index contributed by atoms with van der Waals surface area (Å²) in [5, 5.41) is 17.9. The van der Waals surface area contributed by atoms with Crippen molar-refractivity contribution < 1.29 is 19.7 Å². The molecule has 0 fully saturated rings. The van der Waals surface area contributed by atoms with Gasteiger partial charge in [-0.15, -0.1) is 0 Å². The third-order valence-electron chi connectivity index (χ3n) is 2.72. The van der Waals surface area contributed by atoms with Gasteiger partial charge >= 0.3 is 7.12 Å².